The predicted octanol–water partition coefficient (Wildman–Crippen LogP) is 3.69. The van der Waals surface area contributed by atoms with Crippen LogP contribution >= 0.6 is 0 Å². The maximum atomic E-state index is 13.0. The zero-order valence-corrected chi connectivity index (χ0v) is 16.8. The average molecular weight is 402 g/mol. The third-order valence-corrected chi connectivity index (χ3v) is 5.33. The molecule has 6 nitrogen and oxygen atoms in total. The molecule has 4 rings (SSSR count). The lowest BCUT2D eigenvalue weighted by molar-refractivity contribution is -0.147. The number of nitrogens with zero attached hydrogens (tertiary/aromatic N) is 1. The van der Waals surface area contributed by atoms with E-state index in [1.807, 2.05) is 42.5 Å². The van der Waals surface area contributed by atoms with Crippen molar-refractivity contribution in [2.75, 3.05) is 16.8 Å². The Morgan fingerprint density at radius 1 is 0.967 bits per heavy atom. The van der Waals surface area contributed by atoms with E-state index in [0.29, 0.717) is 11.4 Å². The number of benzene rings is 3. The Hall–Kier alpha value is -3.67. The molecule has 0 saturated carbocycles. The van der Waals surface area contributed by atoms with E-state index in [4.69, 9.17) is 4.74 Å². The molecule has 0 aliphatic carbocycles. The van der Waals surface area contributed by atoms with E-state index in [9.17, 15) is 14.4 Å². The molecule has 0 radical (unpaired) electrons. The fourth-order valence-electron chi connectivity index (χ4n) is 3.76. The molecule has 1 N–H and O–H groups in total. The second kappa shape index (κ2) is 7.63. The van der Waals surface area contributed by atoms with Crippen molar-refractivity contribution in [3.05, 3.63) is 72.3 Å². The number of nitrogens with one attached hydrogen (secondary N) is 1. The van der Waals surface area contributed by atoms with Crippen LogP contribution in [0.5, 0.6) is 0 Å². The summed E-state index contributed by atoms with van der Waals surface area (Å²) >= 11 is 0. The van der Waals surface area contributed by atoms with Crippen molar-refractivity contribution in [3.8, 4) is 0 Å². The molecule has 0 aromatic heterocycles. The normalized spacial score (nSPS) is 14.7. The van der Waals surface area contributed by atoms with Gasteiger partial charge in [0.15, 0.2) is 6.61 Å². The van der Waals surface area contributed by atoms with Crippen LogP contribution in [-0.2, 0) is 25.5 Å². The third-order valence-electron chi connectivity index (χ3n) is 5.33. The number of para-hydroxylation sites is 2. The molecule has 3 aromatic rings. The van der Waals surface area contributed by atoms with Crippen LogP contribution in [0.4, 0.5) is 11.4 Å². The van der Waals surface area contributed by atoms with E-state index in [1.54, 1.807) is 38.1 Å². The van der Waals surface area contributed by atoms with E-state index in [-0.39, 0.29) is 12.3 Å². The van der Waals surface area contributed by atoms with Crippen molar-refractivity contribution in [2.45, 2.75) is 25.8 Å². The van der Waals surface area contributed by atoms with Crippen molar-refractivity contribution in [3.63, 3.8) is 0 Å². The van der Waals surface area contributed by atoms with Crippen molar-refractivity contribution >= 4 is 39.9 Å². The lowest BCUT2D eigenvalue weighted by Crippen LogP contribution is -2.59. The van der Waals surface area contributed by atoms with E-state index < -0.39 is 24.0 Å². The lowest BCUT2D eigenvalue weighted by Gasteiger charge is -2.41. The van der Waals surface area contributed by atoms with Crippen LogP contribution in [0, 0.1) is 0 Å². The molecular formula is C24H22N2O4. The molecule has 6 heteroatoms. The van der Waals surface area contributed by atoms with E-state index in [0.717, 1.165) is 16.3 Å². The summed E-state index contributed by atoms with van der Waals surface area (Å²) in [6.45, 7) is 2.89. The lowest BCUT2D eigenvalue weighted by atomic mass is 9.96. The van der Waals surface area contributed by atoms with Gasteiger partial charge in [0.05, 0.1) is 17.8 Å². The Balaban J connectivity index is 1.49. The molecule has 1 aliphatic heterocycles. The maximum Gasteiger partial charge on any atom is 0.310 e. The maximum absolute atomic E-state index is 13.0. The number of fused-ring (bicyclic) bond motifs is 2. The number of hydrogen-bond donors (Lipinski definition) is 1. The Morgan fingerprint density at radius 2 is 1.67 bits per heavy atom. The van der Waals surface area contributed by atoms with Gasteiger partial charge in [0.2, 0.25) is 5.91 Å². The second-order valence-electron chi connectivity index (χ2n) is 7.74. The third kappa shape index (κ3) is 3.52. The van der Waals surface area contributed by atoms with Gasteiger partial charge in [0.1, 0.15) is 5.54 Å². The first-order valence-electron chi connectivity index (χ1n) is 9.74. The van der Waals surface area contributed by atoms with E-state index >= 15 is 0 Å². The van der Waals surface area contributed by atoms with E-state index in [1.165, 1.54) is 4.90 Å². The highest BCUT2D eigenvalue weighted by Crippen LogP contribution is 2.36. The quantitative estimate of drug-likeness (QED) is 0.676. The number of rotatable bonds is 4. The molecule has 0 fully saturated rings. The second-order valence-corrected chi connectivity index (χ2v) is 7.74. The van der Waals surface area contributed by atoms with Crippen LogP contribution in [0.25, 0.3) is 10.8 Å². The SMILES string of the molecule is CC1(C)C(=O)Nc2ccccc2N1C(=O)COC(=O)Cc1cccc2ccccc12. The van der Waals surface area contributed by atoms with Gasteiger partial charge in [-0.3, -0.25) is 19.3 Å². The summed E-state index contributed by atoms with van der Waals surface area (Å²) in [6, 6.07) is 20.6. The van der Waals surface area contributed by atoms with Crippen LogP contribution in [0.3, 0.4) is 0 Å². The first kappa shape index (κ1) is 19.6. The number of anilines is 2. The Bertz CT molecular complexity index is 1150. The van der Waals surface area contributed by atoms with Crippen molar-refractivity contribution in [1.29, 1.82) is 0 Å². The molecule has 0 unspecified atom stereocenters. The Labute approximate surface area is 174 Å². The monoisotopic (exact) mass is 402 g/mol. The van der Waals surface area contributed by atoms with Crippen molar-refractivity contribution in [2.24, 2.45) is 0 Å². The number of hydrogen-bond acceptors (Lipinski definition) is 4. The molecule has 0 saturated heterocycles. The average Bonchev–Trinajstić information content (AvgIpc) is 2.73. The van der Waals surface area contributed by atoms with Gasteiger partial charge in [-0.15, -0.1) is 0 Å². The van der Waals surface area contributed by atoms with Gasteiger partial charge in [0.25, 0.3) is 5.91 Å². The van der Waals surface area contributed by atoms with Gasteiger partial charge in [-0.05, 0) is 42.3 Å². The predicted molar refractivity (Wildman–Crippen MR) is 115 cm³/mol. The summed E-state index contributed by atoms with van der Waals surface area (Å²) in [5.74, 6) is -1.24. The highest BCUT2D eigenvalue weighted by atomic mass is 16.5. The molecule has 0 atom stereocenters. The number of carbonyl (C=O) groups is 3. The summed E-state index contributed by atoms with van der Waals surface area (Å²) < 4.78 is 5.29. The molecule has 30 heavy (non-hydrogen) atoms. The number of amides is 2. The zero-order chi connectivity index (χ0) is 21.3. The molecular weight excluding hydrogens is 380 g/mol. The van der Waals surface area contributed by atoms with Crippen LogP contribution in [0.15, 0.2) is 66.7 Å². The minimum atomic E-state index is -1.10. The van der Waals surface area contributed by atoms with Crippen molar-refractivity contribution < 1.29 is 19.1 Å². The first-order valence-corrected chi connectivity index (χ1v) is 9.74. The van der Waals surface area contributed by atoms with Gasteiger partial charge < -0.3 is 10.1 Å². The standard InChI is InChI=1S/C24H22N2O4/c1-24(2)23(29)25-19-12-5-6-13-20(19)26(24)21(27)15-30-22(28)14-17-10-7-9-16-8-3-4-11-18(16)17/h3-13H,14-15H2,1-2H3,(H,25,29). The summed E-state index contributed by atoms with van der Waals surface area (Å²) in [6.07, 6.45) is 0.0646. The van der Waals surface area contributed by atoms with Gasteiger partial charge in [-0.2, -0.15) is 0 Å². The summed E-state index contributed by atoms with van der Waals surface area (Å²) in [5.41, 5.74) is 0.871. The van der Waals surface area contributed by atoms with Crippen LogP contribution in [0.1, 0.15) is 19.4 Å². The largest absolute Gasteiger partial charge is 0.455 e. The summed E-state index contributed by atoms with van der Waals surface area (Å²) in [7, 11) is 0. The molecule has 152 valence electrons. The minimum absolute atomic E-state index is 0.0646. The molecule has 2 amide bonds. The van der Waals surface area contributed by atoms with Gasteiger partial charge in [0, 0.05) is 0 Å². The molecule has 1 aliphatic rings. The van der Waals surface area contributed by atoms with E-state index in [2.05, 4.69) is 5.32 Å². The fourth-order valence-corrected chi connectivity index (χ4v) is 3.76. The minimum Gasteiger partial charge on any atom is -0.455 e. The number of ether oxygens (including phenoxy) is 1. The van der Waals surface area contributed by atoms with Gasteiger partial charge >= 0.3 is 5.97 Å². The summed E-state index contributed by atoms with van der Waals surface area (Å²) in [4.78, 5) is 39.3. The van der Waals surface area contributed by atoms with Crippen LogP contribution in [0.2, 0.25) is 0 Å². The molecule has 1 heterocycles. The first-order chi connectivity index (χ1) is 14.4. The highest BCUT2D eigenvalue weighted by Gasteiger charge is 2.43. The zero-order valence-electron chi connectivity index (χ0n) is 16.8. The van der Waals surface area contributed by atoms with Gasteiger partial charge in [-0.25, -0.2) is 0 Å². The Morgan fingerprint density at radius 3 is 2.50 bits per heavy atom. The highest BCUT2D eigenvalue weighted by molar-refractivity contribution is 6.14. The summed E-state index contributed by atoms with van der Waals surface area (Å²) in [5, 5.41) is 4.83. The van der Waals surface area contributed by atoms with Crippen LogP contribution in [-0.4, -0.2) is 29.9 Å². The topological polar surface area (TPSA) is 75.7 Å². The number of carbonyl (C=O) groups excluding carboxylic acids is 3. The molecule has 0 bridgehead atoms. The molecule has 0 spiro atoms. The molecule has 3 aromatic carbocycles. The van der Waals surface area contributed by atoms with Crippen LogP contribution < -0.4 is 10.2 Å². The fraction of sp³-hybridized carbons (Fsp3) is 0.208. The Kier molecular flexibility index (Phi) is 4.99. The van der Waals surface area contributed by atoms with Gasteiger partial charge in [-0.1, -0.05) is 54.6 Å². The number of esters is 1. The van der Waals surface area contributed by atoms with Crippen molar-refractivity contribution in [1.82, 2.24) is 0 Å². The smallest absolute Gasteiger partial charge is 0.310 e.